The standard InChI is InChI=1S/C16H22N4/c1-12-11-20-9-3-4-15(16(20)19-12)10-18-13(2)14-5-7-17-8-6-14/h5-8,11,13,15,18H,3-4,9-10H2,1-2H3/t13-,15-/m0/s1. The maximum absolute atomic E-state index is 4.70. The van der Waals surface area contributed by atoms with Gasteiger partial charge in [0.15, 0.2) is 0 Å². The minimum atomic E-state index is 0.351. The monoisotopic (exact) mass is 270 g/mol. The van der Waals surface area contributed by atoms with Crippen LogP contribution in [-0.4, -0.2) is 21.1 Å². The first kappa shape index (κ1) is 13.3. The predicted octanol–water partition coefficient (Wildman–Crippen LogP) is 2.81. The summed E-state index contributed by atoms with van der Waals surface area (Å²) in [5.41, 5.74) is 2.42. The molecule has 0 aromatic carbocycles. The zero-order valence-electron chi connectivity index (χ0n) is 12.2. The molecule has 20 heavy (non-hydrogen) atoms. The Morgan fingerprint density at radius 3 is 3.00 bits per heavy atom. The Morgan fingerprint density at radius 2 is 2.20 bits per heavy atom. The first-order valence-electron chi connectivity index (χ1n) is 7.41. The quantitative estimate of drug-likeness (QED) is 0.929. The summed E-state index contributed by atoms with van der Waals surface area (Å²) in [7, 11) is 0. The van der Waals surface area contributed by atoms with Crippen LogP contribution in [0.3, 0.4) is 0 Å². The van der Waals surface area contributed by atoms with Crippen molar-refractivity contribution in [3.05, 3.63) is 47.8 Å². The van der Waals surface area contributed by atoms with E-state index in [0.717, 1.165) is 18.8 Å². The van der Waals surface area contributed by atoms with Crippen molar-refractivity contribution in [3.63, 3.8) is 0 Å². The van der Waals surface area contributed by atoms with Gasteiger partial charge in [-0.15, -0.1) is 0 Å². The predicted molar refractivity (Wildman–Crippen MR) is 79.6 cm³/mol. The average Bonchev–Trinajstić information content (AvgIpc) is 2.86. The number of imidazole rings is 1. The van der Waals surface area contributed by atoms with Crippen LogP contribution < -0.4 is 5.32 Å². The van der Waals surface area contributed by atoms with E-state index in [4.69, 9.17) is 4.98 Å². The van der Waals surface area contributed by atoms with Gasteiger partial charge in [0.05, 0.1) is 5.69 Å². The second-order valence-electron chi connectivity index (χ2n) is 5.68. The number of aromatic nitrogens is 3. The molecule has 0 saturated carbocycles. The maximum atomic E-state index is 4.70. The molecular formula is C16H22N4. The van der Waals surface area contributed by atoms with Gasteiger partial charge in [0, 0.05) is 43.6 Å². The molecule has 0 bridgehead atoms. The smallest absolute Gasteiger partial charge is 0.113 e. The summed E-state index contributed by atoms with van der Waals surface area (Å²) in [5.74, 6) is 1.78. The van der Waals surface area contributed by atoms with Crippen molar-refractivity contribution < 1.29 is 0 Å². The Kier molecular flexibility index (Phi) is 3.83. The van der Waals surface area contributed by atoms with Crippen LogP contribution >= 0.6 is 0 Å². The Hall–Kier alpha value is -1.68. The number of rotatable bonds is 4. The van der Waals surface area contributed by atoms with E-state index in [2.05, 4.69) is 47.0 Å². The van der Waals surface area contributed by atoms with Gasteiger partial charge in [-0.25, -0.2) is 4.98 Å². The highest BCUT2D eigenvalue weighted by atomic mass is 15.1. The minimum absolute atomic E-state index is 0.351. The van der Waals surface area contributed by atoms with Crippen LogP contribution in [0.15, 0.2) is 30.7 Å². The lowest BCUT2D eigenvalue weighted by atomic mass is 9.98. The lowest BCUT2D eigenvalue weighted by Crippen LogP contribution is -2.28. The molecular weight excluding hydrogens is 248 g/mol. The highest BCUT2D eigenvalue weighted by Crippen LogP contribution is 2.26. The molecule has 106 valence electrons. The second-order valence-corrected chi connectivity index (χ2v) is 5.68. The van der Waals surface area contributed by atoms with Crippen LogP contribution in [0.25, 0.3) is 0 Å². The van der Waals surface area contributed by atoms with Crippen molar-refractivity contribution in [1.29, 1.82) is 0 Å². The third-order valence-corrected chi connectivity index (χ3v) is 4.12. The summed E-state index contributed by atoms with van der Waals surface area (Å²) in [6.07, 6.45) is 8.35. The van der Waals surface area contributed by atoms with Crippen molar-refractivity contribution in [2.24, 2.45) is 0 Å². The summed E-state index contributed by atoms with van der Waals surface area (Å²) in [5, 5.41) is 3.64. The zero-order chi connectivity index (χ0) is 13.9. The molecule has 1 aliphatic heterocycles. The van der Waals surface area contributed by atoms with Crippen molar-refractivity contribution in [1.82, 2.24) is 19.9 Å². The summed E-state index contributed by atoms with van der Waals surface area (Å²) in [4.78, 5) is 8.77. The molecule has 0 unspecified atom stereocenters. The van der Waals surface area contributed by atoms with Gasteiger partial charge in [0.1, 0.15) is 5.82 Å². The minimum Gasteiger partial charge on any atom is -0.334 e. The Labute approximate surface area is 120 Å². The fraction of sp³-hybridized carbons (Fsp3) is 0.500. The lowest BCUT2D eigenvalue weighted by Gasteiger charge is -2.25. The maximum Gasteiger partial charge on any atom is 0.113 e. The molecule has 0 amide bonds. The van der Waals surface area contributed by atoms with Crippen molar-refractivity contribution >= 4 is 0 Å². The molecule has 1 N–H and O–H groups in total. The van der Waals surface area contributed by atoms with E-state index < -0.39 is 0 Å². The summed E-state index contributed by atoms with van der Waals surface area (Å²) in [6.45, 7) is 6.39. The lowest BCUT2D eigenvalue weighted by molar-refractivity contribution is 0.408. The first-order chi connectivity index (χ1) is 9.74. The molecule has 0 spiro atoms. The largest absolute Gasteiger partial charge is 0.334 e. The van der Waals surface area contributed by atoms with E-state index in [9.17, 15) is 0 Å². The molecule has 2 atom stereocenters. The van der Waals surface area contributed by atoms with Gasteiger partial charge in [-0.3, -0.25) is 4.98 Å². The molecule has 3 heterocycles. The fourth-order valence-electron chi connectivity index (χ4n) is 2.99. The van der Waals surface area contributed by atoms with Crippen LogP contribution in [0.2, 0.25) is 0 Å². The SMILES string of the molecule is Cc1cn2c(n1)[C@H](CN[C@@H](C)c1ccncc1)CCC2. The van der Waals surface area contributed by atoms with E-state index in [1.165, 1.54) is 24.2 Å². The highest BCUT2D eigenvalue weighted by Gasteiger charge is 2.22. The van der Waals surface area contributed by atoms with Gasteiger partial charge in [-0.2, -0.15) is 0 Å². The molecule has 4 heteroatoms. The normalized spacial score (nSPS) is 19.6. The first-order valence-corrected chi connectivity index (χ1v) is 7.41. The number of hydrogen-bond donors (Lipinski definition) is 1. The third kappa shape index (κ3) is 2.75. The number of pyridine rings is 1. The number of hydrogen-bond acceptors (Lipinski definition) is 3. The van der Waals surface area contributed by atoms with E-state index in [0.29, 0.717) is 12.0 Å². The summed E-state index contributed by atoms with van der Waals surface area (Å²) in [6, 6.07) is 4.50. The summed E-state index contributed by atoms with van der Waals surface area (Å²) < 4.78 is 2.32. The van der Waals surface area contributed by atoms with Gasteiger partial charge >= 0.3 is 0 Å². The number of nitrogens with zero attached hydrogens (tertiary/aromatic N) is 3. The number of fused-ring (bicyclic) bond motifs is 1. The van der Waals surface area contributed by atoms with Gasteiger partial charge in [0.25, 0.3) is 0 Å². The van der Waals surface area contributed by atoms with Gasteiger partial charge < -0.3 is 9.88 Å². The molecule has 3 rings (SSSR count). The van der Waals surface area contributed by atoms with Crippen LogP contribution in [0.5, 0.6) is 0 Å². The molecule has 1 aliphatic rings. The Balaban J connectivity index is 1.65. The molecule has 4 nitrogen and oxygen atoms in total. The van der Waals surface area contributed by atoms with Crippen molar-refractivity contribution in [2.45, 2.75) is 45.2 Å². The third-order valence-electron chi connectivity index (χ3n) is 4.12. The number of aryl methyl sites for hydroxylation is 2. The number of nitrogens with one attached hydrogen (secondary N) is 1. The van der Waals surface area contributed by atoms with E-state index in [-0.39, 0.29) is 0 Å². The topological polar surface area (TPSA) is 42.7 Å². The van der Waals surface area contributed by atoms with Gasteiger partial charge in [-0.05, 0) is 44.4 Å². The van der Waals surface area contributed by atoms with E-state index in [1.807, 2.05) is 12.4 Å². The summed E-state index contributed by atoms with van der Waals surface area (Å²) >= 11 is 0. The van der Waals surface area contributed by atoms with Crippen molar-refractivity contribution in [3.8, 4) is 0 Å². The highest BCUT2D eigenvalue weighted by molar-refractivity contribution is 5.15. The molecule has 2 aromatic rings. The molecule has 0 fully saturated rings. The van der Waals surface area contributed by atoms with Gasteiger partial charge in [0.2, 0.25) is 0 Å². The van der Waals surface area contributed by atoms with Crippen LogP contribution in [0.4, 0.5) is 0 Å². The second kappa shape index (κ2) is 5.75. The molecule has 0 radical (unpaired) electrons. The van der Waals surface area contributed by atoms with E-state index >= 15 is 0 Å². The van der Waals surface area contributed by atoms with Crippen LogP contribution in [-0.2, 0) is 6.54 Å². The fourth-order valence-corrected chi connectivity index (χ4v) is 2.99. The average molecular weight is 270 g/mol. The van der Waals surface area contributed by atoms with Crippen LogP contribution in [0, 0.1) is 6.92 Å². The zero-order valence-corrected chi connectivity index (χ0v) is 12.2. The Morgan fingerprint density at radius 1 is 1.40 bits per heavy atom. The van der Waals surface area contributed by atoms with Crippen LogP contribution in [0.1, 0.15) is 48.8 Å². The molecule has 2 aromatic heterocycles. The Bertz CT molecular complexity index is 561. The van der Waals surface area contributed by atoms with E-state index in [1.54, 1.807) is 0 Å². The van der Waals surface area contributed by atoms with Crippen molar-refractivity contribution in [2.75, 3.05) is 6.54 Å². The molecule has 0 aliphatic carbocycles. The molecule has 0 saturated heterocycles. The van der Waals surface area contributed by atoms with Gasteiger partial charge in [-0.1, -0.05) is 0 Å².